The van der Waals surface area contributed by atoms with E-state index in [1.807, 2.05) is 0 Å². The molecule has 18 heavy (non-hydrogen) atoms. The third-order valence-corrected chi connectivity index (χ3v) is 3.19. The van der Waals surface area contributed by atoms with E-state index in [0.29, 0.717) is 5.56 Å². The van der Waals surface area contributed by atoms with E-state index in [0.717, 1.165) is 0 Å². The summed E-state index contributed by atoms with van der Waals surface area (Å²) in [6.45, 7) is 1.80. The van der Waals surface area contributed by atoms with Crippen molar-refractivity contribution in [3.05, 3.63) is 35.9 Å². The maximum atomic E-state index is 12.2. The van der Waals surface area contributed by atoms with Crippen LogP contribution in [-0.4, -0.2) is 41.8 Å². The molecular formula is C13H16O5. The first kappa shape index (κ1) is 13.0. The molecule has 5 heteroatoms. The zero-order chi connectivity index (χ0) is 13.2. The first-order valence-corrected chi connectivity index (χ1v) is 5.83. The van der Waals surface area contributed by atoms with E-state index < -0.39 is 23.8 Å². The van der Waals surface area contributed by atoms with E-state index in [1.165, 1.54) is 0 Å². The Morgan fingerprint density at radius 3 is 2.61 bits per heavy atom. The van der Waals surface area contributed by atoms with Crippen molar-refractivity contribution in [3.8, 4) is 0 Å². The predicted molar refractivity (Wildman–Crippen MR) is 62.7 cm³/mol. The van der Waals surface area contributed by atoms with Crippen molar-refractivity contribution < 1.29 is 24.5 Å². The SMILES string of the molecule is CCOC(=O)[C@]1(c2ccccc2)COC(O)[C@@H]1O. The number of esters is 1. The van der Waals surface area contributed by atoms with Gasteiger partial charge in [-0.25, -0.2) is 0 Å². The molecule has 0 spiro atoms. The summed E-state index contributed by atoms with van der Waals surface area (Å²) in [6, 6.07) is 8.74. The monoisotopic (exact) mass is 252 g/mol. The van der Waals surface area contributed by atoms with E-state index in [9.17, 15) is 15.0 Å². The Kier molecular flexibility index (Phi) is 3.65. The molecule has 1 saturated heterocycles. The van der Waals surface area contributed by atoms with Crippen molar-refractivity contribution in [2.75, 3.05) is 13.2 Å². The average molecular weight is 252 g/mol. The normalized spacial score (nSPS) is 31.3. The second kappa shape index (κ2) is 5.06. The highest BCUT2D eigenvalue weighted by atomic mass is 16.6. The van der Waals surface area contributed by atoms with Crippen LogP contribution in [-0.2, 0) is 19.7 Å². The number of rotatable bonds is 3. The molecule has 0 aromatic heterocycles. The van der Waals surface area contributed by atoms with E-state index in [2.05, 4.69) is 0 Å². The van der Waals surface area contributed by atoms with Crippen LogP contribution in [0.3, 0.4) is 0 Å². The molecule has 1 aromatic carbocycles. The van der Waals surface area contributed by atoms with Gasteiger partial charge in [0.05, 0.1) is 13.2 Å². The van der Waals surface area contributed by atoms with Gasteiger partial charge >= 0.3 is 5.97 Å². The standard InChI is InChI=1S/C13H16O5/c1-2-17-12(16)13(8-18-11(15)10(13)14)9-6-4-3-5-7-9/h3-7,10-11,14-15H,2,8H2,1H3/t10-,11?,13-/m0/s1. The summed E-state index contributed by atoms with van der Waals surface area (Å²) in [5, 5.41) is 19.6. The van der Waals surface area contributed by atoms with Crippen molar-refractivity contribution in [3.63, 3.8) is 0 Å². The smallest absolute Gasteiger partial charge is 0.321 e. The van der Waals surface area contributed by atoms with E-state index in [-0.39, 0.29) is 13.2 Å². The number of aliphatic hydroxyl groups is 2. The van der Waals surface area contributed by atoms with Crippen LogP contribution in [0.1, 0.15) is 12.5 Å². The number of hydrogen-bond acceptors (Lipinski definition) is 5. The third-order valence-electron chi connectivity index (χ3n) is 3.19. The Hall–Kier alpha value is -1.43. The summed E-state index contributed by atoms with van der Waals surface area (Å²) in [4.78, 5) is 12.2. The van der Waals surface area contributed by atoms with Crippen LogP contribution >= 0.6 is 0 Å². The molecule has 1 fully saturated rings. The Labute approximate surface area is 105 Å². The molecule has 0 radical (unpaired) electrons. The minimum Gasteiger partial charge on any atom is -0.465 e. The molecule has 1 aliphatic rings. The lowest BCUT2D eigenvalue weighted by molar-refractivity contribution is -0.155. The van der Waals surface area contributed by atoms with Crippen LogP contribution in [0.15, 0.2) is 30.3 Å². The summed E-state index contributed by atoms with van der Waals surface area (Å²) < 4.78 is 10.0. The number of carbonyl (C=O) groups is 1. The molecule has 0 aliphatic carbocycles. The van der Waals surface area contributed by atoms with Gasteiger partial charge in [-0.1, -0.05) is 30.3 Å². The number of carbonyl (C=O) groups excluding carboxylic acids is 1. The van der Waals surface area contributed by atoms with E-state index in [1.54, 1.807) is 37.3 Å². The Balaban J connectivity index is 2.44. The highest BCUT2D eigenvalue weighted by Gasteiger charge is 2.56. The number of hydrogen-bond donors (Lipinski definition) is 2. The second-order valence-electron chi connectivity index (χ2n) is 4.20. The molecule has 2 rings (SSSR count). The van der Waals surface area contributed by atoms with E-state index in [4.69, 9.17) is 9.47 Å². The fourth-order valence-electron chi connectivity index (χ4n) is 2.18. The molecule has 98 valence electrons. The van der Waals surface area contributed by atoms with Crippen LogP contribution in [0.5, 0.6) is 0 Å². The fourth-order valence-corrected chi connectivity index (χ4v) is 2.18. The molecule has 1 heterocycles. The summed E-state index contributed by atoms with van der Waals surface area (Å²) in [5.41, 5.74) is -0.774. The van der Waals surface area contributed by atoms with Gasteiger partial charge in [0.15, 0.2) is 6.29 Å². The maximum absolute atomic E-state index is 12.2. The topological polar surface area (TPSA) is 76.0 Å². The fraction of sp³-hybridized carbons (Fsp3) is 0.462. The molecule has 0 amide bonds. The quantitative estimate of drug-likeness (QED) is 0.751. The summed E-state index contributed by atoms with van der Waals surface area (Å²) in [6.07, 6.45) is -2.71. The summed E-state index contributed by atoms with van der Waals surface area (Å²) in [5.74, 6) is -0.583. The van der Waals surface area contributed by atoms with Crippen molar-refractivity contribution in [2.45, 2.75) is 24.7 Å². The lowest BCUT2D eigenvalue weighted by Gasteiger charge is -2.29. The van der Waals surface area contributed by atoms with Gasteiger partial charge in [-0.2, -0.15) is 0 Å². The zero-order valence-corrected chi connectivity index (χ0v) is 10.1. The van der Waals surface area contributed by atoms with Crippen LogP contribution < -0.4 is 0 Å². The van der Waals surface area contributed by atoms with Crippen LogP contribution in [0.4, 0.5) is 0 Å². The third kappa shape index (κ3) is 1.90. The minimum atomic E-state index is -1.38. The zero-order valence-electron chi connectivity index (χ0n) is 10.1. The molecule has 2 N–H and O–H groups in total. The lowest BCUT2D eigenvalue weighted by atomic mass is 9.77. The van der Waals surface area contributed by atoms with Gasteiger partial charge in [0.1, 0.15) is 11.5 Å². The first-order chi connectivity index (χ1) is 8.63. The van der Waals surface area contributed by atoms with Gasteiger partial charge in [-0.15, -0.1) is 0 Å². The Bertz CT molecular complexity index is 419. The van der Waals surface area contributed by atoms with Crippen LogP contribution in [0, 0.1) is 0 Å². The minimum absolute atomic E-state index is 0.0990. The van der Waals surface area contributed by atoms with Crippen molar-refractivity contribution >= 4 is 5.97 Å². The summed E-state index contributed by atoms with van der Waals surface area (Å²) >= 11 is 0. The molecule has 1 aliphatic heterocycles. The lowest BCUT2D eigenvalue weighted by Crippen LogP contribution is -2.49. The average Bonchev–Trinajstić information content (AvgIpc) is 2.69. The molecule has 5 nitrogen and oxygen atoms in total. The molecular weight excluding hydrogens is 236 g/mol. The molecule has 1 aromatic rings. The first-order valence-electron chi connectivity index (χ1n) is 5.83. The van der Waals surface area contributed by atoms with Crippen LogP contribution in [0.25, 0.3) is 0 Å². The van der Waals surface area contributed by atoms with Crippen LogP contribution in [0.2, 0.25) is 0 Å². The van der Waals surface area contributed by atoms with Gasteiger partial charge in [0.25, 0.3) is 0 Å². The molecule has 1 unspecified atom stereocenters. The largest absolute Gasteiger partial charge is 0.465 e. The molecule has 0 saturated carbocycles. The van der Waals surface area contributed by atoms with Gasteiger partial charge in [-0.05, 0) is 12.5 Å². The molecule has 0 bridgehead atoms. The van der Waals surface area contributed by atoms with E-state index >= 15 is 0 Å². The predicted octanol–water partition coefficient (Wildman–Crippen LogP) is 0.197. The summed E-state index contributed by atoms with van der Waals surface area (Å²) in [7, 11) is 0. The Morgan fingerprint density at radius 1 is 1.44 bits per heavy atom. The number of benzene rings is 1. The highest BCUT2D eigenvalue weighted by molar-refractivity contribution is 5.85. The van der Waals surface area contributed by atoms with Gasteiger partial charge in [0, 0.05) is 0 Å². The highest BCUT2D eigenvalue weighted by Crippen LogP contribution is 2.37. The van der Waals surface area contributed by atoms with Gasteiger partial charge < -0.3 is 19.7 Å². The number of aliphatic hydroxyl groups excluding tert-OH is 2. The maximum Gasteiger partial charge on any atom is 0.321 e. The van der Waals surface area contributed by atoms with Gasteiger partial charge in [0.2, 0.25) is 0 Å². The number of ether oxygens (including phenoxy) is 2. The van der Waals surface area contributed by atoms with Crippen molar-refractivity contribution in [1.29, 1.82) is 0 Å². The second-order valence-corrected chi connectivity index (χ2v) is 4.20. The van der Waals surface area contributed by atoms with Crippen molar-refractivity contribution in [2.24, 2.45) is 0 Å². The Morgan fingerprint density at radius 2 is 2.11 bits per heavy atom. The molecule has 3 atom stereocenters. The van der Waals surface area contributed by atoms with Gasteiger partial charge in [-0.3, -0.25) is 4.79 Å². The van der Waals surface area contributed by atoms with Crippen molar-refractivity contribution in [1.82, 2.24) is 0 Å².